The highest BCUT2D eigenvalue weighted by molar-refractivity contribution is 5.53. The quantitative estimate of drug-likeness (QED) is 0.748. The number of fused-ring (bicyclic) bond motifs is 1. The molecule has 5 nitrogen and oxygen atoms in total. The summed E-state index contributed by atoms with van der Waals surface area (Å²) in [5.74, 6) is 7.20. The molecule has 15 heavy (non-hydrogen) atoms. The average molecular weight is 211 g/mol. The van der Waals surface area contributed by atoms with Crippen LogP contribution in [0.5, 0.6) is 17.2 Å². The number of ether oxygens (including phenoxy) is 3. The molecule has 1 aromatic rings. The molecule has 1 heterocycles. The molecule has 1 aliphatic heterocycles. The molecule has 0 saturated heterocycles. The van der Waals surface area contributed by atoms with Crippen LogP contribution in [0.15, 0.2) is 12.1 Å². The third-order valence-electron chi connectivity index (χ3n) is 2.25. The largest absolute Gasteiger partial charge is 0.497 e. The van der Waals surface area contributed by atoms with Gasteiger partial charge >= 0.3 is 0 Å². The summed E-state index contributed by atoms with van der Waals surface area (Å²) in [6.45, 7) is 0.682. The Hall–Kier alpha value is -1.46. The summed E-state index contributed by atoms with van der Waals surface area (Å²) >= 11 is 0. The molecule has 82 valence electrons. The number of benzene rings is 1. The second kappa shape index (κ2) is 4.37. The van der Waals surface area contributed by atoms with Crippen molar-refractivity contribution < 1.29 is 19.0 Å². The van der Waals surface area contributed by atoms with Crippen LogP contribution in [-0.4, -0.2) is 20.5 Å². The molecule has 1 aliphatic rings. The van der Waals surface area contributed by atoms with Gasteiger partial charge in [0, 0.05) is 18.1 Å². The predicted molar refractivity (Wildman–Crippen MR) is 53.0 cm³/mol. The van der Waals surface area contributed by atoms with E-state index in [0.717, 1.165) is 17.1 Å². The maximum absolute atomic E-state index is 5.35. The van der Waals surface area contributed by atoms with Crippen LogP contribution >= 0.6 is 0 Å². The first kappa shape index (κ1) is 10.1. The summed E-state index contributed by atoms with van der Waals surface area (Å²) in [6, 6.07) is 3.70. The van der Waals surface area contributed by atoms with Gasteiger partial charge in [0.15, 0.2) is 11.5 Å². The van der Waals surface area contributed by atoms with Crippen LogP contribution in [-0.2, 0) is 11.3 Å². The van der Waals surface area contributed by atoms with Gasteiger partial charge in [-0.3, -0.25) is 0 Å². The van der Waals surface area contributed by atoms with E-state index < -0.39 is 0 Å². The van der Waals surface area contributed by atoms with Gasteiger partial charge in [0.25, 0.3) is 0 Å². The molecule has 1 aromatic carbocycles. The summed E-state index contributed by atoms with van der Waals surface area (Å²) in [5.41, 5.74) is 0.979. The lowest BCUT2D eigenvalue weighted by Gasteiger charge is -2.07. The van der Waals surface area contributed by atoms with Gasteiger partial charge in [-0.15, -0.1) is 0 Å². The Bertz CT molecular complexity index is 354. The molecule has 0 saturated carbocycles. The maximum Gasteiger partial charge on any atom is 0.231 e. The number of hydrogen-bond donors (Lipinski definition) is 1. The minimum atomic E-state index is 0.249. The molecule has 0 bridgehead atoms. The van der Waals surface area contributed by atoms with Crippen molar-refractivity contribution in [3.8, 4) is 17.2 Å². The van der Waals surface area contributed by atoms with Gasteiger partial charge in [-0.25, -0.2) is 5.90 Å². The first-order valence-corrected chi connectivity index (χ1v) is 4.63. The molecule has 0 spiro atoms. The van der Waals surface area contributed by atoms with Gasteiger partial charge in [-0.2, -0.15) is 0 Å². The average Bonchev–Trinajstić information content (AvgIpc) is 2.73. The van der Waals surface area contributed by atoms with Crippen molar-refractivity contribution in [2.45, 2.75) is 6.42 Å². The predicted octanol–water partition coefficient (Wildman–Crippen LogP) is 0.857. The molecule has 0 atom stereocenters. The Balaban J connectivity index is 2.30. The first-order valence-electron chi connectivity index (χ1n) is 4.63. The fraction of sp³-hybridized carbons (Fsp3) is 0.400. The monoisotopic (exact) mass is 211 g/mol. The maximum atomic E-state index is 5.35. The topological polar surface area (TPSA) is 62.9 Å². The van der Waals surface area contributed by atoms with Crippen molar-refractivity contribution in [1.82, 2.24) is 0 Å². The molecular formula is C10H13NO4. The van der Waals surface area contributed by atoms with Crippen LogP contribution in [0, 0.1) is 0 Å². The second-order valence-electron chi connectivity index (χ2n) is 3.14. The molecular weight excluding hydrogens is 198 g/mol. The highest BCUT2D eigenvalue weighted by Crippen LogP contribution is 2.39. The van der Waals surface area contributed by atoms with Crippen molar-refractivity contribution >= 4 is 0 Å². The molecule has 0 aliphatic carbocycles. The van der Waals surface area contributed by atoms with Crippen molar-refractivity contribution in [1.29, 1.82) is 0 Å². The zero-order valence-electron chi connectivity index (χ0n) is 8.49. The molecule has 0 aromatic heterocycles. The number of methoxy groups -OCH3 is 1. The van der Waals surface area contributed by atoms with Crippen molar-refractivity contribution in [3.63, 3.8) is 0 Å². The van der Waals surface area contributed by atoms with Crippen LogP contribution in [0.2, 0.25) is 0 Å². The summed E-state index contributed by atoms with van der Waals surface area (Å²) < 4.78 is 15.8. The Morgan fingerprint density at radius 3 is 3.00 bits per heavy atom. The van der Waals surface area contributed by atoms with E-state index in [-0.39, 0.29) is 6.79 Å². The minimum Gasteiger partial charge on any atom is -0.497 e. The van der Waals surface area contributed by atoms with Gasteiger partial charge in [0.1, 0.15) is 5.75 Å². The Morgan fingerprint density at radius 1 is 1.40 bits per heavy atom. The lowest BCUT2D eigenvalue weighted by Crippen LogP contribution is -2.04. The number of hydrogen-bond acceptors (Lipinski definition) is 5. The fourth-order valence-electron chi connectivity index (χ4n) is 1.53. The van der Waals surface area contributed by atoms with Crippen molar-refractivity contribution in [2.24, 2.45) is 5.90 Å². The molecule has 2 rings (SSSR count). The fourth-order valence-corrected chi connectivity index (χ4v) is 1.53. The van der Waals surface area contributed by atoms with Crippen LogP contribution in [0.25, 0.3) is 0 Å². The van der Waals surface area contributed by atoms with Crippen LogP contribution < -0.4 is 20.1 Å². The summed E-state index contributed by atoms with van der Waals surface area (Å²) in [5, 5.41) is 0. The Labute approximate surface area is 87.6 Å². The van der Waals surface area contributed by atoms with Gasteiger partial charge in [-0.1, -0.05) is 0 Å². The highest BCUT2D eigenvalue weighted by atomic mass is 16.7. The van der Waals surface area contributed by atoms with E-state index in [1.54, 1.807) is 13.2 Å². The second-order valence-corrected chi connectivity index (χ2v) is 3.14. The summed E-state index contributed by atoms with van der Waals surface area (Å²) in [4.78, 5) is 4.54. The minimum absolute atomic E-state index is 0.249. The van der Waals surface area contributed by atoms with E-state index >= 15 is 0 Å². The van der Waals surface area contributed by atoms with Gasteiger partial charge in [0.05, 0.1) is 13.7 Å². The SMILES string of the molecule is COc1cc(CCON)c2c(c1)OCO2. The van der Waals surface area contributed by atoms with Crippen LogP contribution in [0.1, 0.15) is 5.56 Å². The van der Waals surface area contributed by atoms with E-state index in [1.807, 2.05) is 6.07 Å². The van der Waals surface area contributed by atoms with E-state index in [0.29, 0.717) is 18.8 Å². The van der Waals surface area contributed by atoms with Crippen LogP contribution in [0.4, 0.5) is 0 Å². The number of rotatable bonds is 4. The van der Waals surface area contributed by atoms with E-state index in [9.17, 15) is 0 Å². The van der Waals surface area contributed by atoms with Crippen LogP contribution in [0.3, 0.4) is 0 Å². The molecule has 0 amide bonds. The number of nitrogens with two attached hydrogens (primary N) is 1. The first-order chi connectivity index (χ1) is 7.35. The normalized spacial score (nSPS) is 12.9. The third kappa shape index (κ3) is 1.98. The van der Waals surface area contributed by atoms with Crippen molar-refractivity contribution in [2.75, 3.05) is 20.5 Å². The van der Waals surface area contributed by atoms with E-state index in [2.05, 4.69) is 4.84 Å². The lowest BCUT2D eigenvalue weighted by molar-refractivity contribution is 0.139. The molecule has 5 heteroatoms. The molecule has 0 radical (unpaired) electrons. The molecule has 0 fully saturated rings. The highest BCUT2D eigenvalue weighted by Gasteiger charge is 2.19. The summed E-state index contributed by atoms with van der Waals surface area (Å²) in [6.07, 6.45) is 0.666. The zero-order valence-corrected chi connectivity index (χ0v) is 8.49. The zero-order chi connectivity index (χ0) is 10.7. The molecule has 0 unspecified atom stereocenters. The van der Waals surface area contributed by atoms with Gasteiger partial charge in [0.2, 0.25) is 6.79 Å². The standard InChI is InChI=1S/C10H13NO4/c1-12-8-4-7(2-3-15-11)10-9(5-8)13-6-14-10/h4-5H,2-3,6,11H2,1H3. The van der Waals surface area contributed by atoms with Gasteiger partial charge in [-0.05, 0) is 6.07 Å². The summed E-state index contributed by atoms with van der Waals surface area (Å²) in [7, 11) is 1.61. The van der Waals surface area contributed by atoms with Gasteiger partial charge < -0.3 is 19.0 Å². The van der Waals surface area contributed by atoms with E-state index in [1.165, 1.54) is 0 Å². The third-order valence-corrected chi connectivity index (χ3v) is 2.25. The Morgan fingerprint density at radius 2 is 2.27 bits per heavy atom. The molecule has 2 N–H and O–H groups in total. The van der Waals surface area contributed by atoms with Crippen molar-refractivity contribution in [3.05, 3.63) is 17.7 Å². The lowest BCUT2D eigenvalue weighted by atomic mass is 10.1. The Kier molecular flexibility index (Phi) is 2.94. The smallest absolute Gasteiger partial charge is 0.231 e. The van der Waals surface area contributed by atoms with E-state index in [4.69, 9.17) is 20.1 Å².